The molecule has 100 valence electrons. The van der Waals surface area contributed by atoms with Crippen molar-refractivity contribution in [2.45, 2.75) is 31.9 Å². The lowest BCUT2D eigenvalue weighted by Gasteiger charge is -2.06. The van der Waals surface area contributed by atoms with Crippen LogP contribution in [0.15, 0.2) is 36.5 Å². The molecule has 0 radical (unpaired) electrons. The third kappa shape index (κ3) is 4.37. The summed E-state index contributed by atoms with van der Waals surface area (Å²) >= 11 is 1.93. The quantitative estimate of drug-likeness (QED) is 0.904. The molecule has 0 unspecified atom stereocenters. The maximum absolute atomic E-state index is 5.60. The van der Waals surface area contributed by atoms with Crippen molar-refractivity contribution in [2.24, 2.45) is 5.73 Å². The number of hydrogen-bond donors (Lipinski definition) is 1. The molecule has 0 atom stereocenters. The van der Waals surface area contributed by atoms with Crippen molar-refractivity contribution in [1.82, 2.24) is 4.98 Å². The summed E-state index contributed by atoms with van der Waals surface area (Å²) in [6, 6.07) is 10.9. The molecule has 1 aromatic heterocycles. The summed E-state index contributed by atoms with van der Waals surface area (Å²) in [6.45, 7) is 4.81. The van der Waals surface area contributed by atoms with E-state index >= 15 is 0 Å². The lowest BCUT2D eigenvalue weighted by atomic mass is 10.1. The zero-order chi connectivity index (χ0) is 13.7. The standard InChI is InChI=1S/C16H20N2S/c1-12-5-13(2)7-15(6-12)11-19-10-14-3-4-18-16(8-14)9-17/h3-8H,9-11,17H2,1-2H3. The third-order valence-electron chi connectivity index (χ3n) is 2.91. The van der Waals surface area contributed by atoms with Crippen molar-refractivity contribution in [3.63, 3.8) is 0 Å². The van der Waals surface area contributed by atoms with Crippen molar-refractivity contribution in [3.05, 3.63) is 64.5 Å². The minimum absolute atomic E-state index is 0.510. The van der Waals surface area contributed by atoms with Gasteiger partial charge in [0.2, 0.25) is 0 Å². The molecular formula is C16H20N2S. The van der Waals surface area contributed by atoms with E-state index in [4.69, 9.17) is 5.73 Å². The highest BCUT2D eigenvalue weighted by molar-refractivity contribution is 7.97. The van der Waals surface area contributed by atoms with E-state index in [0.717, 1.165) is 17.2 Å². The Balaban J connectivity index is 1.92. The van der Waals surface area contributed by atoms with Crippen LogP contribution in [0.1, 0.15) is 27.9 Å². The highest BCUT2D eigenvalue weighted by Crippen LogP contribution is 2.19. The Morgan fingerprint density at radius 3 is 2.37 bits per heavy atom. The third-order valence-corrected chi connectivity index (χ3v) is 3.98. The molecule has 0 amide bonds. The van der Waals surface area contributed by atoms with Gasteiger partial charge in [0.15, 0.2) is 0 Å². The van der Waals surface area contributed by atoms with E-state index in [1.54, 1.807) is 0 Å². The van der Waals surface area contributed by atoms with Crippen LogP contribution in [0.5, 0.6) is 0 Å². The number of thioether (sulfide) groups is 1. The maximum atomic E-state index is 5.60. The number of nitrogens with zero attached hydrogens (tertiary/aromatic N) is 1. The first kappa shape index (κ1) is 14.1. The summed E-state index contributed by atoms with van der Waals surface area (Å²) in [5.41, 5.74) is 11.9. The van der Waals surface area contributed by atoms with Gasteiger partial charge in [-0.05, 0) is 37.1 Å². The summed E-state index contributed by atoms with van der Waals surface area (Å²) in [6.07, 6.45) is 1.84. The van der Waals surface area contributed by atoms with E-state index in [9.17, 15) is 0 Å². The molecule has 0 aliphatic carbocycles. The van der Waals surface area contributed by atoms with Crippen LogP contribution in [0.2, 0.25) is 0 Å². The van der Waals surface area contributed by atoms with Gasteiger partial charge in [-0.25, -0.2) is 0 Å². The van der Waals surface area contributed by atoms with E-state index in [0.29, 0.717) is 6.54 Å². The van der Waals surface area contributed by atoms with Crippen LogP contribution < -0.4 is 5.73 Å². The first-order valence-electron chi connectivity index (χ1n) is 6.46. The first-order valence-corrected chi connectivity index (χ1v) is 7.61. The Kier molecular flexibility index (Phi) is 5.00. The zero-order valence-corrected chi connectivity index (χ0v) is 12.3. The molecule has 0 saturated heterocycles. The summed E-state index contributed by atoms with van der Waals surface area (Å²) in [4.78, 5) is 4.21. The molecular weight excluding hydrogens is 252 g/mol. The average Bonchev–Trinajstić information content (AvgIpc) is 2.38. The second-order valence-corrected chi connectivity index (χ2v) is 5.83. The predicted molar refractivity (Wildman–Crippen MR) is 83.0 cm³/mol. The fourth-order valence-electron chi connectivity index (χ4n) is 2.17. The van der Waals surface area contributed by atoms with Gasteiger partial charge < -0.3 is 5.73 Å². The second kappa shape index (κ2) is 6.73. The summed E-state index contributed by atoms with van der Waals surface area (Å²) in [5, 5.41) is 0. The van der Waals surface area contributed by atoms with Gasteiger partial charge in [0.05, 0.1) is 5.69 Å². The van der Waals surface area contributed by atoms with Gasteiger partial charge in [-0.2, -0.15) is 11.8 Å². The van der Waals surface area contributed by atoms with Crippen molar-refractivity contribution in [3.8, 4) is 0 Å². The second-order valence-electron chi connectivity index (χ2n) is 4.85. The Labute approximate surface area is 119 Å². The van der Waals surface area contributed by atoms with E-state index < -0.39 is 0 Å². The molecule has 3 heteroatoms. The van der Waals surface area contributed by atoms with Crippen molar-refractivity contribution < 1.29 is 0 Å². The van der Waals surface area contributed by atoms with Crippen LogP contribution in [0.25, 0.3) is 0 Å². The Morgan fingerprint density at radius 1 is 1.00 bits per heavy atom. The highest BCUT2D eigenvalue weighted by atomic mass is 32.2. The molecule has 19 heavy (non-hydrogen) atoms. The summed E-state index contributed by atoms with van der Waals surface area (Å²) < 4.78 is 0. The average molecular weight is 272 g/mol. The highest BCUT2D eigenvalue weighted by Gasteiger charge is 1.99. The predicted octanol–water partition coefficient (Wildman–Crippen LogP) is 3.59. The zero-order valence-electron chi connectivity index (χ0n) is 11.5. The van der Waals surface area contributed by atoms with Crippen molar-refractivity contribution in [1.29, 1.82) is 0 Å². The molecule has 0 fully saturated rings. The number of benzene rings is 1. The molecule has 0 spiro atoms. The van der Waals surface area contributed by atoms with Gasteiger partial charge in [-0.15, -0.1) is 0 Å². The molecule has 2 aromatic rings. The topological polar surface area (TPSA) is 38.9 Å². The normalized spacial score (nSPS) is 10.7. The fourth-order valence-corrected chi connectivity index (χ4v) is 3.09. The first-order chi connectivity index (χ1) is 9.17. The minimum atomic E-state index is 0.510. The van der Waals surface area contributed by atoms with Crippen molar-refractivity contribution in [2.75, 3.05) is 0 Å². The number of pyridine rings is 1. The molecule has 1 heterocycles. The molecule has 1 aromatic carbocycles. The van der Waals surface area contributed by atoms with Crippen molar-refractivity contribution >= 4 is 11.8 Å². The Bertz CT molecular complexity index is 532. The Hall–Kier alpha value is -1.32. The van der Waals surface area contributed by atoms with Crippen LogP contribution >= 0.6 is 11.8 Å². The largest absolute Gasteiger partial charge is 0.325 e. The molecule has 2 rings (SSSR count). The van der Waals surface area contributed by atoms with Gasteiger partial charge in [-0.1, -0.05) is 29.3 Å². The van der Waals surface area contributed by atoms with Crippen LogP contribution in [0.4, 0.5) is 0 Å². The molecule has 2 N–H and O–H groups in total. The molecule has 0 aliphatic rings. The summed E-state index contributed by atoms with van der Waals surface area (Å²) in [7, 11) is 0. The van der Waals surface area contributed by atoms with Gasteiger partial charge in [-0.3, -0.25) is 4.98 Å². The van der Waals surface area contributed by atoms with Crippen LogP contribution in [0, 0.1) is 13.8 Å². The van der Waals surface area contributed by atoms with Crippen LogP contribution in [-0.4, -0.2) is 4.98 Å². The number of nitrogens with two attached hydrogens (primary N) is 1. The summed E-state index contributed by atoms with van der Waals surface area (Å²) in [5.74, 6) is 2.05. The number of aryl methyl sites for hydroxylation is 2. The monoisotopic (exact) mass is 272 g/mol. The lowest BCUT2D eigenvalue weighted by Crippen LogP contribution is -1.99. The van der Waals surface area contributed by atoms with Gasteiger partial charge in [0.25, 0.3) is 0 Å². The van der Waals surface area contributed by atoms with Crippen LogP contribution in [-0.2, 0) is 18.1 Å². The Morgan fingerprint density at radius 2 is 1.68 bits per heavy atom. The lowest BCUT2D eigenvalue weighted by molar-refractivity contribution is 0.983. The van der Waals surface area contributed by atoms with Gasteiger partial charge >= 0.3 is 0 Å². The molecule has 0 saturated carbocycles. The maximum Gasteiger partial charge on any atom is 0.0542 e. The SMILES string of the molecule is Cc1cc(C)cc(CSCc2ccnc(CN)c2)c1. The smallest absolute Gasteiger partial charge is 0.0542 e. The van der Waals surface area contributed by atoms with E-state index in [2.05, 4.69) is 49.2 Å². The number of rotatable bonds is 5. The minimum Gasteiger partial charge on any atom is -0.325 e. The molecule has 0 aliphatic heterocycles. The number of aromatic nitrogens is 1. The van der Waals surface area contributed by atoms with E-state index in [-0.39, 0.29) is 0 Å². The fraction of sp³-hybridized carbons (Fsp3) is 0.312. The van der Waals surface area contributed by atoms with Gasteiger partial charge in [0.1, 0.15) is 0 Å². The number of hydrogen-bond acceptors (Lipinski definition) is 3. The van der Waals surface area contributed by atoms with E-state index in [1.807, 2.05) is 18.0 Å². The van der Waals surface area contributed by atoms with E-state index in [1.165, 1.54) is 22.3 Å². The van der Waals surface area contributed by atoms with Gasteiger partial charge in [0, 0.05) is 24.2 Å². The molecule has 2 nitrogen and oxygen atoms in total. The van der Waals surface area contributed by atoms with Crippen LogP contribution in [0.3, 0.4) is 0 Å². The molecule has 0 bridgehead atoms.